The number of aliphatic hydroxyl groups is 1. The quantitative estimate of drug-likeness (QED) is 0.733. The number of rotatable bonds is 7. The first-order valence-electron chi connectivity index (χ1n) is 7.52. The molecule has 18 heavy (non-hydrogen) atoms. The Balaban J connectivity index is 2.54. The molecule has 1 saturated carbocycles. The van der Waals surface area contributed by atoms with Gasteiger partial charge in [0.25, 0.3) is 0 Å². The van der Waals surface area contributed by atoms with Crippen molar-refractivity contribution in [1.29, 1.82) is 0 Å². The summed E-state index contributed by atoms with van der Waals surface area (Å²) in [7, 11) is 2.25. The standard InChI is InChI=1S/C15H32N2O/c1-6-16-15(11-18)8-7-14(10-15)17(5)13(4)9-12(2)3/h12-14,16,18H,6-11H2,1-5H3. The van der Waals surface area contributed by atoms with E-state index in [2.05, 4.69) is 45.0 Å². The predicted molar refractivity (Wildman–Crippen MR) is 77.8 cm³/mol. The number of aliphatic hydroxyl groups excluding tert-OH is 1. The van der Waals surface area contributed by atoms with Crippen LogP contribution in [-0.4, -0.2) is 47.8 Å². The van der Waals surface area contributed by atoms with Crippen molar-refractivity contribution in [3.8, 4) is 0 Å². The molecule has 1 aliphatic rings. The van der Waals surface area contributed by atoms with Crippen molar-refractivity contribution in [1.82, 2.24) is 10.2 Å². The number of likely N-dealkylation sites (N-methyl/N-ethyl adjacent to an activating group) is 1. The lowest BCUT2D eigenvalue weighted by molar-refractivity contribution is 0.132. The number of hydrogen-bond donors (Lipinski definition) is 2. The molecule has 0 aromatic heterocycles. The molecule has 0 aromatic carbocycles. The molecule has 1 fully saturated rings. The van der Waals surface area contributed by atoms with Crippen molar-refractivity contribution in [2.75, 3.05) is 20.2 Å². The fourth-order valence-electron chi connectivity index (χ4n) is 3.39. The van der Waals surface area contributed by atoms with Gasteiger partial charge in [0.1, 0.15) is 0 Å². The third-order valence-electron chi connectivity index (χ3n) is 4.52. The van der Waals surface area contributed by atoms with Crippen LogP contribution in [0.1, 0.15) is 53.4 Å². The summed E-state index contributed by atoms with van der Waals surface area (Å²) in [6.45, 7) is 10.2. The molecular formula is C15H32N2O. The van der Waals surface area contributed by atoms with Gasteiger partial charge in [-0.05, 0) is 52.1 Å². The molecule has 0 radical (unpaired) electrons. The molecule has 0 bridgehead atoms. The molecule has 0 saturated heterocycles. The molecule has 0 heterocycles. The van der Waals surface area contributed by atoms with Crippen LogP contribution in [0.25, 0.3) is 0 Å². The first-order valence-corrected chi connectivity index (χ1v) is 7.52. The fourth-order valence-corrected chi connectivity index (χ4v) is 3.39. The molecule has 0 aromatic rings. The maximum atomic E-state index is 9.65. The molecule has 0 aliphatic heterocycles. The smallest absolute Gasteiger partial charge is 0.0613 e. The lowest BCUT2D eigenvalue weighted by Crippen LogP contribution is -2.48. The maximum absolute atomic E-state index is 9.65. The van der Waals surface area contributed by atoms with Crippen molar-refractivity contribution < 1.29 is 5.11 Å². The molecule has 108 valence electrons. The molecule has 3 unspecified atom stereocenters. The second kappa shape index (κ2) is 6.88. The van der Waals surface area contributed by atoms with E-state index in [4.69, 9.17) is 0 Å². The average molecular weight is 256 g/mol. The predicted octanol–water partition coefficient (Wildman–Crippen LogP) is 2.25. The Morgan fingerprint density at radius 1 is 1.39 bits per heavy atom. The third-order valence-corrected chi connectivity index (χ3v) is 4.52. The monoisotopic (exact) mass is 256 g/mol. The highest BCUT2D eigenvalue weighted by Gasteiger charge is 2.40. The van der Waals surface area contributed by atoms with E-state index in [0.717, 1.165) is 25.3 Å². The highest BCUT2D eigenvalue weighted by Crippen LogP contribution is 2.33. The summed E-state index contributed by atoms with van der Waals surface area (Å²) in [5.74, 6) is 0.750. The molecule has 1 aliphatic carbocycles. The van der Waals surface area contributed by atoms with Gasteiger partial charge in [0, 0.05) is 17.6 Å². The molecule has 2 N–H and O–H groups in total. The minimum absolute atomic E-state index is 0.0226. The highest BCUT2D eigenvalue weighted by molar-refractivity contribution is 4.99. The Labute approximate surface area is 113 Å². The minimum atomic E-state index is -0.0226. The van der Waals surface area contributed by atoms with Gasteiger partial charge >= 0.3 is 0 Å². The molecular weight excluding hydrogens is 224 g/mol. The van der Waals surface area contributed by atoms with E-state index in [-0.39, 0.29) is 12.1 Å². The number of nitrogens with zero attached hydrogens (tertiary/aromatic N) is 1. The van der Waals surface area contributed by atoms with Gasteiger partial charge in [-0.1, -0.05) is 20.8 Å². The Morgan fingerprint density at radius 3 is 2.56 bits per heavy atom. The second-order valence-corrected chi connectivity index (χ2v) is 6.51. The SMILES string of the molecule is CCNC1(CO)CCC(N(C)C(C)CC(C)C)C1. The molecule has 0 spiro atoms. The van der Waals surface area contributed by atoms with Crippen LogP contribution in [0.5, 0.6) is 0 Å². The minimum Gasteiger partial charge on any atom is -0.394 e. The van der Waals surface area contributed by atoms with E-state index in [1.165, 1.54) is 12.8 Å². The Morgan fingerprint density at radius 2 is 2.06 bits per heavy atom. The second-order valence-electron chi connectivity index (χ2n) is 6.51. The van der Waals surface area contributed by atoms with Gasteiger partial charge in [0.2, 0.25) is 0 Å². The summed E-state index contributed by atoms with van der Waals surface area (Å²) >= 11 is 0. The van der Waals surface area contributed by atoms with Crippen LogP contribution in [0, 0.1) is 5.92 Å². The van der Waals surface area contributed by atoms with Crippen LogP contribution < -0.4 is 5.32 Å². The summed E-state index contributed by atoms with van der Waals surface area (Å²) in [6, 6.07) is 1.25. The summed E-state index contributed by atoms with van der Waals surface area (Å²) in [5.41, 5.74) is -0.0226. The van der Waals surface area contributed by atoms with Crippen LogP contribution >= 0.6 is 0 Å². The highest BCUT2D eigenvalue weighted by atomic mass is 16.3. The first kappa shape index (κ1) is 15.9. The molecule has 3 nitrogen and oxygen atoms in total. The number of nitrogens with one attached hydrogen (secondary N) is 1. The van der Waals surface area contributed by atoms with Gasteiger partial charge in [-0.2, -0.15) is 0 Å². The number of hydrogen-bond acceptors (Lipinski definition) is 3. The fraction of sp³-hybridized carbons (Fsp3) is 1.00. The van der Waals surface area contributed by atoms with Crippen molar-refractivity contribution >= 4 is 0 Å². The summed E-state index contributed by atoms with van der Waals surface area (Å²) < 4.78 is 0. The average Bonchev–Trinajstić information content (AvgIpc) is 2.72. The lowest BCUT2D eigenvalue weighted by Gasteiger charge is -2.34. The van der Waals surface area contributed by atoms with Gasteiger partial charge in [-0.25, -0.2) is 0 Å². The summed E-state index contributed by atoms with van der Waals surface area (Å²) in [5, 5.41) is 13.1. The normalized spacial score (nSPS) is 30.3. The van der Waals surface area contributed by atoms with Crippen LogP contribution in [0.2, 0.25) is 0 Å². The Kier molecular flexibility index (Phi) is 6.09. The molecule has 3 atom stereocenters. The van der Waals surface area contributed by atoms with Gasteiger partial charge in [0.15, 0.2) is 0 Å². The summed E-state index contributed by atoms with van der Waals surface area (Å²) in [6.07, 6.45) is 4.63. The van der Waals surface area contributed by atoms with Crippen LogP contribution in [-0.2, 0) is 0 Å². The van der Waals surface area contributed by atoms with E-state index in [9.17, 15) is 5.11 Å². The van der Waals surface area contributed by atoms with E-state index < -0.39 is 0 Å². The first-order chi connectivity index (χ1) is 8.44. The van der Waals surface area contributed by atoms with Crippen molar-refractivity contribution in [2.45, 2.75) is 71.0 Å². The van der Waals surface area contributed by atoms with Gasteiger partial charge in [0.05, 0.1) is 6.61 Å². The van der Waals surface area contributed by atoms with E-state index in [1.54, 1.807) is 0 Å². The Bertz CT molecular complexity index is 245. The van der Waals surface area contributed by atoms with Gasteiger partial charge < -0.3 is 15.3 Å². The maximum Gasteiger partial charge on any atom is 0.0613 e. The molecule has 0 amide bonds. The van der Waals surface area contributed by atoms with E-state index in [1.807, 2.05) is 0 Å². The summed E-state index contributed by atoms with van der Waals surface area (Å²) in [4.78, 5) is 2.52. The van der Waals surface area contributed by atoms with E-state index >= 15 is 0 Å². The molecule has 1 rings (SSSR count). The third kappa shape index (κ3) is 3.94. The lowest BCUT2D eigenvalue weighted by atomic mass is 9.97. The van der Waals surface area contributed by atoms with Crippen molar-refractivity contribution in [2.24, 2.45) is 5.92 Å². The van der Waals surface area contributed by atoms with Gasteiger partial charge in [-0.3, -0.25) is 0 Å². The zero-order valence-electron chi connectivity index (χ0n) is 12.9. The zero-order chi connectivity index (χ0) is 13.8. The topological polar surface area (TPSA) is 35.5 Å². The van der Waals surface area contributed by atoms with Crippen LogP contribution in [0.3, 0.4) is 0 Å². The van der Waals surface area contributed by atoms with Crippen LogP contribution in [0.4, 0.5) is 0 Å². The van der Waals surface area contributed by atoms with E-state index in [0.29, 0.717) is 12.1 Å². The Hall–Kier alpha value is -0.120. The van der Waals surface area contributed by atoms with Crippen LogP contribution in [0.15, 0.2) is 0 Å². The molecule has 3 heteroatoms. The van der Waals surface area contributed by atoms with Gasteiger partial charge in [-0.15, -0.1) is 0 Å². The van der Waals surface area contributed by atoms with Crippen molar-refractivity contribution in [3.05, 3.63) is 0 Å². The zero-order valence-corrected chi connectivity index (χ0v) is 12.9. The largest absolute Gasteiger partial charge is 0.394 e. The van der Waals surface area contributed by atoms with Crippen molar-refractivity contribution in [3.63, 3.8) is 0 Å².